The topological polar surface area (TPSA) is 51.2 Å². The van der Waals surface area contributed by atoms with Crippen molar-refractivity contribution in [3.8, 4) is 11.5 Å². The fraction of sp³-hybridized carbons (Fsp3) is 0.143. The van der Waals surface area contributed by atoms with Crippen LogP contribution < -0.4 is 10.1 Å². The predicted molar refractivity (Wildman–Crippen MR) is 104 cm³/mol. The van der Waals surface area contributed by atoms with Gasteiger partial charge in [-0.15, -0.1) is 0 Å². The minimum Gasteiger partial charge on any atom is -0.457 e. The third kappa shape index (κ3) is 3.48. The summed E-state index contributed by atoms with van der Waals surface area (Å²) in [6, 6.07) is 19.0. The van der Waals surface area contributed by atoms with E-state index in [1.165, 1.54) is 0 Å². The number of anilines is 1. The lowest BCUT2D eigenvalue weighted by Crippen LogP contribution is -2.27. The summed E-state index contributed by atoms with van der Waals surface area (Å²) < 4.78 is 6.73. The van der Waals surface area contributed by atoms with E-state index in [1.807, 2.05) is 48.5 Å². The first-order valence-electron chi connectivity index (χ1n) is 8.41. The molecule has 2 aromatic carbocycles. The van der Waals surface area contributed by atoms with Crippen molar-refractivity contribution in [3.05, 3.63) is 83.1 Å². The molecule has 0 bridgehead atoms. The Hall–Kier alpha value is -2.66. The van der Waals surface area contributed by atoms with Gasteiger partial charge in [0.25, 0.3) is 0 Å². The van der Waals surface area contributed by atoms with Gasteiger partial charge in [0.15, 0.2) is 0 Å². The van der Waals surface area contributed by atoms with Crippen molar-refractivity contribution in [1.29, 1.82) is 0 Å². The number of carbonyl (C=O) groups is 1. The zero-order chi connectivity index (χ0) is 18.0. The second-order valence-corrected chi connectivity index (χ2v) is 7.27. The van der Waals surface area contributed by atoms with Crippen LogP contribution >= 0.6 is 15.9 Å². The maximum absolute atomic E-state index is 12.8. The zero-order valence-electron chi connectivity index (χ0n) is 14.0. The molecular weight excluding hydrogens is 392 g/mol. The number of benzene rings is 2. The fourth-order valence-electron chi connectivity index (χ4n) is 2.96. The highest BCUT2D eigenvalue weighted by Gasteiger charge is 2.51. The van der Waals surface area contributed by atoms with Crippen LogP contribution in [0.4, 0.5) is 5.69 Å². The lowest BCUT2D eigenvalue weighted by atomic mass is 9.95. The van der Waals surface area contributed by atoms with Crippen molar-refractivity contribution in [1.82, 2.24) is 4.98 Å². The molecule has 1 N–H and O–H groups in total. The van der Waals surface area contributed by atoms with Crippen LogP contribution in [-0.4, -0.2) is 10.9 Å². The van der Waals surface area contributed by atoms with E-state index in [9.17, 15) is 4.79 Å². The lowest BCUT2D eigenvalue weighted by molar-refractivity contribution is -0.118. The summed E-state index contributed by atoms with van der Waals surface area (Å²) in [5.74, 6) is 1.48. The average molecular weight is 409 g/mol. The molecule has 4 nitrogen and oxygen atoms in total. The third-order valence-corrected chi connectivity index (χ3v) is 5.05. The first kappa shape index (κ1) is 16.8. The maximum Gasteiger partial charge on any atom is 0.235 e. The van der Waals surface area contributed by atoms with Crippen LogP contribution in [0.2, 0.25) is 0 Å². The number of nitrogens with zero attached hydrogens (tertiary/aromatic N) is 1. The highest BCUT2D eigenvalue weighted by atomic mass is 79.9. The predicted octanol–water partition coefficient (Wildman–Crippen LogP) is 5.31. The molecule has 1 heterocycles. The van der Waals surface area contributed by atoms with Gasteiger partial charge in [-0.3, -0.25) is 9.78 Å². The molecule has 1 fully saturated rings. The highest BCUT2D eigenvalue weighted by molar-refractivity contribution is 9.10. The molecule has 1 aromatic heterocycles. The molecule has 3 aromatic rings. The van der Waals surface area contributed by atoms with Gasteiger partial charge in [-0.05, 0) is 66.9 Å². The third-order valence-electron chi connectivity index (χ3n) is 4.56. The number of ether oxygens (including phenoxy) is 1. The Kier molecular flexibility index (Phi) is 4.47. The van der Waals surface area contributed by atoms with E-state index in [2.05, 4.69) is 26.2 Å². The zero-order valence-corrected chi connectivity index (χ0v) is 15.6. The summed E-state index contributed by atoms with van der Waals surface area (Å²) in [5, 5.41) is 3.03. The van der Waals surface area contributed by atoms with E-state index in [0.717, 1.165) is 34.3 Å². The van der Waals surface area contributed by atoms with Crippen molar-refractivity contribution in [3.63, 3.8) is 0 Å². The van der Waals surface area contributed by atoms with E-state index in [1.54, 1.807) is 24.5 Å². The number of nitrogens with one attached hydrogen (secondary N) is 1. The number of halogens is 1. The van der Waals surface area contributed by atoms with Crippen LogP contribution in [0.3, 0.4) is 0 Å². The normalized spacial score (nSPS) is 14.5. The Morgan fingerprint density at radius 1 is 1.00 bits per heavy atom. The first-order chi connectivity index (χ1) is 12.7. The van der Waals surface area contributed by atoms with Crippen LogP contribution in [0.15, 0.2) is 77.5 Å². The maximum atomic E-state index is 12.8. The number of carbonyl (C=O) groups excluding carboxylic acids is 1. The molecule has 0 spiro atoms. The molecule has 0 atom stereocenters. The molecule has 4 rings (SSSR count). The first-order valence-corrected chi connectivity index (χ1v) is 9.20. The van der Waals surface area contributed by atoms with Crippen LogP contribution in [0.25, 0.3) is 0 Å². The van der Waals surface area contributed by atoms with E-state index >= 15 is 0 Å². The van der Waals surface area contributed by atoms with Crippen molar-refractivity contribution in [2.45, 2.75) is 18.3 Å². The summed E-state index contributed by atoms with van der Waals surface area (Å²) in [5.41, 5.74) is 1.41. The number of amides is 1. The summed E-state index contributed by atoms with van der Waals surface area (Å²) in [4.78, 5) is 16.8. The molecule has 0 radical (unpaired) electrons. The number of hydrogen-bond acceptors (Lipinski definition) is 3. The lowest BCUT2D eigenvalue weighted by Gasteiger charge is -2.16. The van der Waals surface area contributed by atoms with Crippen molar-refractivity contribution < 1.29 is 9.53 Å². The van der Waals surface area contributed by atoms with E-state index in [-0.39, 0.29) is 5.91 Å². The average Bonchev–Trinajstić information content (AvgIpc) is 3.46. The minimum atomic E-state index is -0.407. The Labute approximate surface area is 160 Å². The molecule has 0 unspecified atom stereocenters. The summed E-state index contributed by atoms with van der Waals surface area (Å²) in [6.45, 7) is 0. The largest absolute Gasteiger partial charge is 0.457 e. The van der Waals surface area contributed by atoms with Crippen molar-refractivity contribution >= 4 is 27.5 Å². The Balaban J connectivity index is 1.45. The van der Waals surface area contributed by atoms with Gasteiger partial charge in [0.2, 0.25) is 5.91 Å². The van der Waals surface area contributed by atoms with E-state index in [0.29, 0.717) is 5.75 Å². The van der Waals surface area contributed by atoms with Crippen LogP contribution in [0.5, 0.6) is 11.5 Å². The molecule has 1 aliphatic carbocycles. The molecule has 1 saturated carbocycles. The van der Waals surface area contributed by atoms with Gasteiger partial charge in [-0.1, -0.05) is 28.1 Å². The van der Waals surface area contributed by atoms with Crippen LogP contribution in [0.1, 0.15) is 18.4 Å². The molecule has 1 aliphatic rings. The van der Waals surface area contributed by atoms with Gasteiger partial charge >= 0.3 is 0 Å². The second-order valence-electron chi connectivity index (χ2n) is 6.36. The smallest absolute Gasteiger partial charge is 0.235 e. The molecule has 5 heteroatoms. The molecular formula is C21H17BrN2O2. The van der Waals surface area contributed by atoms with E-state index in [4.69, 9.17) is 4.74 Å². The standard InChI is InChI=1S/C21H17BrN2O2/c22-16-3-1-2-15(14-16)21(10-11-21)20(25)24-17-4-6-18(7-5-17)26-19-8-12-23-13-9-19/h1-9,12-14H,10-11H2,(H,24,25). The van der Waals surface area contributed by atoms with Crippen LogP contribution in [0, 0.1) is 0 Å². The Morgan fingerprint density at radius 3 is 2.35 bits per heavy atom. The van der Waals surface area contributed by atoms with Crippen molar-refractivity contribution in [2.24, 2.45) is 0 Å². The minimum absolute atomic E-state index is 0.0402. The van der Waals surface area contributed by atoms with Gasteiger partial charge in [0.1, 0.15) is 11.5 Å². The number of rotatable bonds is 5. The van der Waals surface area contributed by atoms with Crippen LogP contribution in [-0.2, 0) is 10.2 Å². The molecule has 0 saturated heterocycles. The Morgan fingerprint density at radius 2 is 1.69 bits per heavy atom. The molecule has 26 heavy (non-hydrogen) atoms. The molecule has 130 valence electrons. The quantitative estimate of drug-likeness (QED) is 0.622. The van der Waals surface area contributed by atoms with Crippen molar-refractivity contribution in [2.75, 3.05) is 5.32 Å². The number of aromatic nitrogens is 1. The van der Waals surface area contributed by atoms with Gasteiger partial charge in [0, 0.05) is 22.6 Å². The van der Waals surface area contributed by atoms with E-state index < -0.39 is 5.41 Å². The number of hydrogen-bond donors (Lipinski definition) is 1. The monoisotopic (exact) mass is 408 g/mol. The summed E-state index contributed by atoms with van der Waals surface area (Å²) in [7, 11) is 0. The molecule has 1 amide bonds. The molecule has 0 aliphatic heterocycles. The summed E-state index contributed by atoms with van der Waals surface area (Å²) >= 11 is 3.48. The fourth-order valence-corrected chi connectivity index (χ4v) is 3.36. The SMILES string of the molecule is O=C(Nc1ccc(Oc2ccncc2)cc1)C1(c2cccc(Br)c2)CC1. The van der Waals surface area contributed by atoms with Gasteiger partial charge in [0.05, 0.1) is 5.41 Å². The second kappa shape index (κ2) is 6.92. The highest BCUT2D eigenvalue weighted by Crippen LogP contribution is 2.49. The van der Waals surface area contributed by atoms with Gasteiger partial charge < -0.3 is 10.1 Å². The van der Waals surface area contributed by atoms with Gasteiger partial charge in [-0.25, -0.2) is 0 Å². The Bertz CT molecular complexity index is 922. The summed E-state index contributed by atoms with van der Waals surface area (Å²) in [6.07, 6.45) is 5.11. The number of pyridine rings is 1. The van der Waals surface area contributed by atoms with Gasteiger partial charge in [-0.2, -0.15) is 0 Å².